The van der Waals surface area contributed by atoms with Crippen LogP contribution in [0.15, 0.2) is 0 Å². The van der Waals surface area contributed by atoms with Gasteiger partial charge in [-0.05, 0) is 62.8 Å². The second-order valence-corrected chi connectivity index (χ2v) is 8.46. The molecule has 0 spiro atoms. The van der Waals surface area contributed by atoms with E-state index in [0.717, 1.165) is 37.4 Å². The van der Waals surface area contributed by atoms with Crippen molar-refractivity contribution in [2.75, 3.05) is 19.6 Å². The van der Waals surface area contributed by atoms with Crippen LogP contribution in [0.5, 0.6) is 0 Å². The largest absolute Gasteiger partial charge is 0.298 e. The zero-order chi connectivity index (χ0) is 15.4. The van der Waals surface area contributed by atoms with E-state index < -0.39 is 0 Å². The molecule has 3 fully saturated rings. The molecule has 22 heavy (non-hydrogen) atoms. The normalized spacial score (nSPS) is 35.4. The maximum Gasteiger partial charge on any atom is 0.149 e. The van der Waals surface area contributed by atoms with Crippen LogP contribution in [0.1, 0.15) is 77.6 Å². The van der Waals surface area contributed by atoms with Crippen molar-refractivity contribution < 1.29 is 4.79 Å². The molecule has 1 aliphatic heterocycles. The smallest absolute Gasteiger partial charge is 0.149 e. The molecule has 3 rings (SSSR count). The number of carbonyl (C=O) groups excluding carboxylic acids is 1. The van der Waals surface area contributed by atoms with Crippen molar-refractivity contribution in [1.82, 2.24) is 4.90 Å². The first-order valence-corrected chi connectivity index (χ1v) is 9.97. The molecule has 2 aliphatic carbocycles. The summed E-state index contributed by atoms with van der Waals surface area (Å²) < 4.78 is 0. The molecule has 1 atom stereocenters. The maximum atomic E-state index is 12.6. The second-order valence-electron chi connectivity index (χ2n) is 8.46. The van der Waals surface area contributed by atoms with Crippen molar-refractivity contribution in [3.63, 3.8) is 0 Å². The molecule has 2 nitrogen and oxygen atoms in total. The number of ketones is 1. The van der Waals surface area contributed by atoms with E-state index in [0.29, 0.717) is 11.7 Å². The number of likely N-dealkylation sites (tertiary alicyclic amines) is 1. The van der Waals surface area contributed by atoms with Gasteiger partial charge in [-0.15, -0.1) is 0 Å². The third kappa shape index (κ3) is 4.34. The lowest BCUT2D eigenvalue weighted by Gasteiger charge is -2.36. The molecular formula is C20H35NO. The molecule has 1 saturated heterocycles. The summed E-state index contributed by atoms with van der Waals surface area (Å²) >= 11 is 0. The molecule has 1 unspecified atom stereocenters. The summed E-state index contributed by atoms with van der Waals surface area (Å²) in [5, 5.41) is 0. The molecule has 2 heteroatoms. The molecule has 0 aromatic heterocycles. The van der Waals surface area contributed by atoms with Crippen LogP contribution in [-0.2, 0) is 4.79 Å². The highest BCUT2D eigenvalue weighted by molar-refractivity contribution is 5.83. The molecule has 0 aromatic carbocycles. The van der Waals surface area contributed by atoms with E-state index in [-0.39, 0.29) is 0 Å². The van der Waals surface area contributed by atoms with Gasteiger partial charge in [0.2, 0.25) is 0 Å². The summed E-state index contributed by atoms with van der Waals surface area (Å²) in [6.45, 7) is 5.35. The van der Waals surface area contributed by atoms with Crippen molar-refractivity contribution in [3.05, 3.63) is 0 Å². The van der Waals surface area contributed by atoms with Crippen molar-refractivity contribution in [2.24, 2.45) is 23.7 Å². The van der Waals surface area contributed by atoms with Crippen LogP contribution in [0.2, 0.25) is 0 Å². The molecule has 0 N–H and O–H groups in total. The van der Waals surface area contributed by atoms with Gasteiger partial charge in [0, 0.05) is 12.5 Å². The number of rotatable bonds is 4. The predicted octanol–water partition coefficient (Wildman–Crippen LogP) is 4.67. The Morgan fingerprint density at radius 3 is 2.23 bits per heavy atom. The minimum Gasteiger partial charge on any atom is -0.298 e. The van der Waals surface area contributed by atoms with Crippen LogP contribution in [0.25, 0.3) is 0 Å². The molecule has 0 amide bonds. The van der Waals surface area contributed by atoms with Crippen LogP contribution < -0.4 is 0 Å². The molecule has 0 radical (unpaired) electrons. The quantitative estimate of drug-likeness (QED) is 0.752. The van der Waals surface area contributed by atoms with Gasteiger partial charge in [0.1, 0.15) is 5.78 Å². The number of hydrogen-bond donors (Lipinski definition) is 0. The standard InChI is InChI=1S/C20H35NO/c1-16-6-5-13-21(14-16)15-20(22)19-11-9-18(10-12-19)17-7-3-2-4-8-17/h16-19H,2-15H2,1H3. The van der Waals surface area contributed by atoms with E-state index in [1.165, 1.54) is 70.6 Å². The fourth-order valence-electron chi connectivity index (χ4n) is 5.30. The molecule has 0 aromatic rings. The average molecular weight is 306 g/mol. The molecule has 1 heterocycles. The second kappa shape index (κ2) is 7.95. The van der Waals surface area contributed by atoms with Crippen LogP contribution in [0, 0.1) is 23.7 Å². The summed E-state index contributed by atoms with van der Waals surface area (Å²) in [5.74, 6) is 3.66. The summed E-state index contributed by atoms with van der Waals surface area (Å²) in [6.07, 6.45) is 15.0. The van der Waals surface area contributed by atoms with Gasteiger partial charge in [-0.1, -0.05) is 39.0 Å². The lowest BCUT2D eigenvalue weighted by Crippen LogP contribution is -2.40. The van der Waals surface area contributed by atoms with E-state index >= 15 is 0 Å². The Balaban J connectivity index is 1.41. The molecule has 2 saturated carbocycles. The first-order chi connectivity index (χ1) is 10.7. The van der Waals surface area contributed by atoms with Crippen LogP contribution in [-0.4, -0.2) is 30.3 Å². The minimum atomic E-state index is 0.386. The Hall–Kier alpha value is -0.370. The van der Waals surface area contributed by atoms with Gasteiger partial charge in [0.15, 0.2) is 0 Å². The van der Waals surface area contributed by atoms with Gasteiger partial charge >= 0.3 is 0 Å². The van der Waals surface area contributed by atoms with Crippen molar-refractivity contribution in [2.45, 2.75) is 77.6 Å². The fourth-order valence-corrected chi connectivity index (χ4v) is 5.30. The highest BCUT2D eigenvalue weighted by atomic mass is 16.1. The number of Topliss-reactive ketones (excluding diaryl/α,β-unsaturated/α-hetero) is 1. The van der Waals surface area contributed by atoms with Crippen LogP contribution in [0.3, 0.4) is 0 Å². The van der Waals surface area contributed by atoms with E-state index in [2.05, 4.69) is 11.8 Å². The zero-order valence-corrected chi connectivity index (χ0v) is 14.6. The monoisotopic (exact) mass is 305 g/mol. The van der Waals surface area contributed by atoms with E-state index in [9.17, 15) is 4.79 Å². The molecule has 126 valence electrons. The first-order valence-electron chi connectivity index (χ1n) is 9.97. The fraction of sp³-hybridized carbons (Fsp3) is 0.950. The Bertz CT molecular complexity index is 353. The van der Waals surface area contributed by atoms with Gasteiger partial charge in [-0.3, -0.25) is 9.69 Å². The van der Waals surface area contributed by atoms with Crippen molar-refractivity contribution >= 4 is 5.78 Å². The Labute approximate surface area is 137 Å². The van der Waals surface area contributed by atoms with E-state index in [1.54, 1.807) is 0 Å². The zero-order valence-electron chi connectivity index (χ0n) is 14.6. The summed E-state index contributed by atoms with van der Waals surface area (Å²) in [7, 11) is 0. The minimum absolute atomic E-state index is 0.386. The van der Waals surface area contributed by atoms with Crippen LogP contribution in [0.4, 0.5) is 0 Å². The number of carbonyl (C=O) groups is 1. The lowest BCUT2D eigenvalue weighted by molar-refractivity contribution is -0.125. The molecular weight excluding hydrogens is 270 g/mol. The number of piperidine rings is 1. The van der Waals surface area contributed by atoms with Gasteiger partial charge in [-0.2, -0.15) is 0 Å². The van der Waals surface area contributed by atoms with Gasteiger partial charge < -0.3 is 0 Å². The number of hydrogen-bond acceptors (Lipinski definition) is 2. The third-order valence-corrected chi connectivity index (χ3v) is 6.66. The third-order valence-electron chi connectivity index (χ3n) is 6.66. The average Bonchev–Trinajstić information content (AvgIpc) is 2.56. The summed E-state index contributed by atoms with van der Waals surface area (Å²) in [5.41, 5.74) is 0. The Morgan fingerprint density at radius 1 is 0.864 bits per heavy atom. The summed E-state index contributed by atoms with van der Waals surface area (Å²) in [6, 6.07) is 0. The number of nitrogens with zero attached hydrogens (tertiary/aromatic N) is 1. The van der Waals surface area contributed by atoms with Gasteiger partial charge in [-0.25, -0.2) is 0 Å². The van der Waals surface area contributed by atoms with Crippen molar-refractivity contribution in [1.29, 1.82) is 0 Å². The van der Waals surface area contributed by atoms with Crippen molar-refractivity contribution in [3.8, 4) is 0 Å². The lowest BCUT2D eigenvalue weighted by atomic mass is 9.70. The Kier molecular flexibility index (Phi) is 5.95. The van der Waals surface area contributed by atoms with Gasteiger partial charge in [0.25, 0.3) is 0 Å². The van der Waals surface area contributed by atoms with Gasteiger partial charge in [0.05, 0.1) is 6.54 Å². The predicted molar refractivity (Wildman–Crippen MR) is 91.9 cm³/mol. The maximum absolute atomic E-state index is 12.6. The summed E-state index contributed by atoms with van der Waals surface area (Å²) in [4.78, 5) is 15.0. The highest BCUT2D eigenvalue weighted by Gasteiger charge is 2.32. The van der Waals surface area contributed by atoms with E-state index in [4.69, 9.17) is 0 Å². The Morgan fingerprint density at radius 2 is 1.55 bits per heavy atom. The molecule has 3 aliphatic rings. The SMILES string of the molecule is CC1CCCN(CC(=O)C2CCC(C3CCCCC3)CC2)C1. The van der Waals surface area contributed by atoms with Crippen LogP contribution >= 0.6 is 0 Å². The topological polar surface area (TPSA) is 20.3 Å². The van der Waals surface area contributed by atoms with E-state index in [1.807, 2.05) is 0 Å². The first kappa shape index (κ1) is 16.5. The highest BCUT2D eigenvalue weighted by Crippen LogP contribution is 2.40. The molecule has 0 bridgehead atoms.